The molecule has 1 aromatic carbocycles. The number of hydrogen-bond acceptors (Lipinski definition) is 3. The monoisotopic (exact) mass is 286 g/mol. The number of hydrogen-bond donors (Lipinski definition) is 2. The van der Waals surface area contributed by atoms with Gasteiger partial charge in [0.05, 0.1) is 29.7 Å². The van der Waals surface area contributed by atoms with E-state index in [4.69, 9.17) is 5.73 Å². The summed E-state index contributed by atoms with van der Waals surface area (Å²) in [7, 11) is 1.65. The summed E-state index contributed by atoms with van der Waals surface area (Å²) >= 11 is 0. The molecule has 0 bridgehead atoms. The molecule has 1 aromatic heterocycles. The minimum absolute atomic E-state index is 0.00423. The maximum atomic E-state index is 11.9. The van der Waals surface area contributed by atoms with Crippen molar-refractivity contribution < 1.29 is 4.79 Å². The Morgan fingerprint density at radius 2 is 2.05 bits per heavy atom. The minimum Gasteiger partial charge on any atom is -0.359 e. The summed E-state index contributed by atoms with van der Waals surface area (Å²) in [6.45, 7) is 4.34. The van der Waals surface area contributed by atoms with Gasteiger partial charge in [-0.2, -0.15) is 0 Å². The van der Waals surface area contributed by atoms with Crippen molar-refractivity contribution in [3.05, 3.63) is 54.1 Å². The number of imidazole rings is 1. The first-order valence-corrected chi connectivity index (χ1v) is 6.98. The first-order valence-electron chi connectivity index (χ1n) is 6.98. The van der Waals surface area contributed by atoms with Crippen molar-refractivity contribution in [1.29, 1.82) is 0 Å². The molecule has 0 saturated heterocycles. The van der Waals surface area contributed by atoms with Gasteiger partial charge in [0.2, 0.25) is 5.91 Å². The Morgan fingerprint density at radius 3 is 2.67 bits per heavy atom. The molecule has 0 aliphatic rings. The van der Waals surface area contributed by atoms with E-state index in [2.05, 4.69) is 10.3 Å². The number of rotatable bonds is 5. The third-order valence-corrected chi connectivity index (χ3v) is 3.63. The van der Waals surface area contributed by atoms with Crippen molar-refractivity contribution in [2.45, 2.75) is 26.4 Å². The first kappa shape index (κ1) is 15.3. The van der Waals surface area contributed by atoms with Crippen molar-refractivity contribution in [2.75, 3.05) is 7.05 Å². The molecule has 5 heteroatoms. The number of nitrogens with zero attached hydrogens (tertiary/aromatic N) is 2. The normalized spacial score (nSPS) is 13.0. The molecule has 0 radical (unpaired) electrons. The molecule has 0 aliphatic heterocycles. The quantitative estimate of drug-likeness (QED) is 0.878. The van der Waals surface area contributed by atoms with Crippen LogP contribution in [0.25, 0.3) is 0 Å². The highest BCUT2D eigenvalue weighted by molar-refractivity contribution is 5.81. The Bertz CT molecular complexity index is 604. The smallest absolute Gasteiger partial charge is 0.227 e. The summed E-state index contributed by atoms with van der Waals surface area (Å²) in [4.78, 5) is 16.1. The highest BCUT2D eigenvalue weighted by atomic mass is 16.2. The number of nitrogens with one attached hydrogen (secondary N) is 1. The molecule has 21 heavy (non-hydrogen) atoms. The maximum absolute atomic E-state index is 11.9. The standard InChI is InChI=1S/C16H22N4O/c1-16(2,15(21)18-3)10-20-11-19-9-13(20)14(17)12-7-5-4-6-8-12/h4-9,11,14H,10,17H2,1-3H3,(H,18,21). The van der Waals surface area contributed by atoms with E-state index < -0.39 is 5.41 Å². The second-order valence-electron chi connectivity index (χ2n) is 5.80. The van der Waals surface area contributed by atoms with Gasteiger partial charge < -0.3 is 15.6 Å². The highest BCUT2D eigenvalue weighted by Gasteiger charge is 2.28. The van der Waals surface area contributed by atoms with E-state index >= 15 is 0 Å². The van der Waals surface area contributed by atoms with Crippen LogP contribution < -0.4 is 11.1 Å². The van der Waals surface area contributed by atoms with Gasteiger partial charge in [-0.05, 0) is 19.4 Å². The molecule has 0 fully saturated rings. The average molecular weight is 286 g/mol. The van der Waals surface area contributed by atoms with Gasteiger partial charge in [-0.15, -0.1) is 0 Å². The summed E-state index contributed by atoms with van der Waals surface area (Å²) in [5.41, 5.74) is 7.73. The largest absolute Gasteiger partial charge is 0.359 e. The van der Waals surface area contributed by atoms with Crippen LogP contribution in [0.4, 0.5) is 0 Å². The van der Waals surface area contributed by atoms with E-state index in [1.165, 1.54) is 0 Å². The summed E-state index contributed by atoms with van der Waals surface area (Å²) in [6.07, 6.45) is 3.49. The van der Waals surface area contributed by atoms with Gasteiger partial charge in [0, 0.05) is 13.6 Å². The lowest BCUT2D eigenvalue weighted by molar-refractivity contribution is -0.129. The third kappa shape index (κ3) is 3.31. The molecule has 2 rings (SSSR count). The zero-order valence-corrected chi connectivity index (χ0v) is 12.7. The van der Waals surface area contributed by atoms with Crippen LogP contribution in [0.2, 0.25) is 0 Å². The molecule has 112 valence electrons. The van der Waals surface area contributed by atoms with Gasteiger partial charge in [0.25, 0.3) is 0 Å². The van der Waals surface area contributed by atoms with Crippen LogP contribution in [0.15, 0.2) is 42.9 Å². The second kappa shape index (κ2) is 6.10. The third-order valence-electron chi connectivity index (χ3n) is 3.63. The zero-order chi connectivity index (χ0) is 15.5. The molecule has 1 unspecified atom stereocenters. The molecule has 1 atom stereocenters. The van der Waals surface area contributed by atoms with Crippen LogP contribution in [-0.2, 0) is 11.3 Å². The van der Waals surface area contributed by atoms with Crippen molar-refractivity contribution in [3.63, 3.8) is 0 Å². The van der Waals surface area contributed by atoms with E-state index in [0.717, 1.165) is 11.3 Å². The Kier molecular flexibility index (Phi) is 4.43. The molecule has 1 amide bonds. The molecular formula is C16H22N4O. The lowest BCUT2D eigenvalue weighted by atomic mass is 9.92. The van der Waals surface area contributed by atoms with Crippen molar-refractivity contribution >= 4 is 5.91 Å². The summed E-state index contributed by atoms with van der Waals surface area (Å²) in [5.74, 6) is -0.00423. The average Bonchev–Trinajstić information content (AvgIpc) is 2.93. The van der Waals surface area contributed by atoms with Crippen LogP contribution in [0.3, 0.4) is 0 Å². The van der Waals surface area contributed by atoms with E-state index in [-0.39, 0.29) is 11.9 Å². The topological polar surface area (TPSA) is 72.9 Å². The van der Waals surface area contributed by atoms with Crippen molar-refractivity contribution in [3.8, 4) is 0 Å². The number of carbonyl (C=O) groups excluding carboxylic acids is 1. The number of amides is 1. The number of carbonyl (C=O) groups is 1. The highest BCUT2D eigenvalue weighted by Crippen LogP contribution is 2.24. The minimum atomic E-state index is -0.527. The maximum Gasteiger partial charge on any atom is 0.227 e. The van der Waals surface area contributed by atoms with E-state index in [9.17, 15) is 4.79 Å². The van der Waals surface area contributed by atoms with Gasteiger partial charge >= 0.3 is 0 Å². The lowest BCUT2D eigenvalue weighted by Gasteiger charge is -2.25. The van der Waals surface area contributed by atoms with Crippen LogP contribution in [0.5, 0.6) is 0 Å². The Labute approximate surface area is 125 Å². The van der Waals surface area contributed by atoms with Gasteiger partial charge in [-0.25, -0.2) is 4.98 Å². The van der Waals surface area contributed by atoms with Gasteiger partial charge in [-0.1, -0.05) is 30.3 Å². The van der Waals surface area contributed by atoms with E-state index in [1.807, 2.05) is 48.7 Å². The summed E-state index contributed by atoms with van der Waals surface area (Å²) < 4.78 is 1.95. The van der Waals surface area contributed by atoms with Crippen molar-refractivity contribution in [2.24, 2.45) is 11.1 Å². The summed E-state index contributed by atoms with van der Waals surface area (Å²) in [5, 5.41) is 2.69. The number of benzene rings is 1. The fourth-order valence-corrected chi connectivity index (χ4v) is 2.39. The lowest BCUT2D eigenvalue weighted by Crippen LogP contribution is -2.38. The number of aromatic nitrogens is 2. The van der Waals surface area contributed by atoms with E-state index in [1.54, 1.807) is 19.6 Å². The van der Waals surface area contributed by atoms with Crippen molar-refractivity contribution in [1.82, 2.24) is 14.9 Å². The zero-order valence-electron chi connectivity index (χ0n) is 12.7. The van der Waals surface area contributed by atoms with E-state index in [0.29, 0.717) is 6.54 Å². The van der Waals surface area contributed by atoms with Gasteiger partial charge in [-0.3, -0.25) is 4.79 Å². The molecule has 2 aromatic rings. The molecule has 0 spiro atoms. The fraction of sp³-hybridized carbons (Fsp3) is 0.375. The fourth-order valence-electron chi connectivity index (χ4n) is 2.39. The molecule has 0 aliphatic carbocycles. The first-order chi connectivity index (χ1) is 9.95. The Hall–Kier alpha value is -2.14. The van der Waals surface area contributed by atoms with Crippen LogP contribution >= 0.6 is 0 Å². The molecule has 1 heterocycles. The van der Waals surface area contributed by atoms with Crippen LogP contribution in [0.1, 0.15) is 31.1 Å². The predicted octanol–water partition coefficient (Wildman–Crippen LogP) is 1.70. The predicted molar refractivity (Wildman–Crippen MR) is 82.5 cm³/mol. The Morgan fingerprint density at radius 1 is 1.38 bits per heavy atom. The summed E-state index contributed by atoms with van der Waals surface area (Å²) in [6, 6.07) is 9.61. The molecule has 5 nitrogen and oxygen atoms in total. The second-order valence-corrected chi connectivity index (χ2v) is 5.80. The molecule has 3 N–H and O–H groups in total. The molecule has 0 saturated carbocycles. The molecular weight excluding hydrogens is 264 g/mol. The van der Waals surface area contributed by atoms with Crippen LogP contribution in [-0.4, -0.2) is 22.5 Å². The van der Waals surface area contributed by atoms with Gasteiger partial charge in [0.1, 0.15) is 0 Å². The Balaban J connectivity index is 2.25. The SMILES string of the molecule is CNC(=O)C(C)(C)Cn1cncc1C(N)c1ccccc1. The van der Waals surface area contributed by atoms with Gasteiger partial charge in [0.15, 0.2) is 0 Å². The number of nitrogens with two attached hydrogens (primary N) is 1. The van der Waals surface area contributed by atoms with Crippen LogP contribution in [0, 0.1) is 5.41 Å².